The van der Waals surface area contributed by atoms with E-state index in [0.29, 0.717) is 18.1 Å². The summed E-state index contributed by atoms with van der Waals surface area (Å²) in [5, 5.41) is 11.5. The van der Waals surface area contributed by atoms with Gasteiger partial charge in [-0.05, 0) is 46.0 Å². The first-order valence-electron chi connectivity index (χ1n) is 7.35. The lowest BCUT2D eigenvalue weighted by atomic mass is 9.86. The van der Waals surface area contributed by atoms with Gasteiger partial charge in [-0.3, -0.25) is 10.2 Å². The quantitative estimate of drug-likeness (QED) is 0.812. The summed E-state index contributed by atoms with van der Waals surface area (Å²) in [5.41, 5.74) is 3.61. The number of aliphatic carboxylic acids is 1. The molecule has 0 radical (unpaired) electrons. The van der Waals surface area contributed by atoms with Crippen molar-refractivity contribution in [2.45, 2.75) is 76.9 Å². The normalized spacial score (nSPS) is 38.6. The van der Waals surface area contributed by atoms with Crippen molar-refractivity contribution >= 4 is 5.97 Å². The number of hydrogen-bond acceptors (Lipinski definition) is 3. The molecule has 0 aromatic carbocycles. The highest BCUT2D eigenvalue weighted by Crippen LogP contribution is 2.27. The van der Waals surface area contributed by atoms with Gasteiger partial charge in [0.15, 0.2) is 0 Å². The molecule has 2 fully saturated rings. The van der Waals surface area contributed by atoms with Crippen LogP contribution in [0, 0.1) is 5.92 Å². The fourth-order valence-corrected chi connectivity index (χ4v) is 3.42. The van der Waals surface area contributed by atoms with Gasteiger partial charge in [0.1, 0.15) is 0 Å². The van der Waals surface area contributed by atoms with E-state index < -0.39 is 5.97 Å². The zero-order valence-electron chi connectivity index (χ0n) is 11.6. The Morgan fingerprint density at radius 3 is 2.33 bits per heavy atom. The molecule has 4 atom stereocenters. The van der Waals surface area contributed by atoms with E-state index in [0.717, 1.165) is 25.7 Å². The summed E-state index contributed by atoms with van der Waals surface area (Å²) in [6.45, 7) is 4.53. The number of piperidine rings is 1. The molecule has 18 heavy (non-hydrogen) atoms. The topological polar surface area (TPSA) is 52.6 Å². The lowest BCUT2D eigenvalue weighted by Gasteiger charge is -2.42. The van der Waals surface area contributed by atoms with Gasteiger partial charge in [0.05, 0.1) is 5.92 Å². The molecule has 0 amide bonds. The van der Waals surface area contributed by atoms with Crippen LogP contribution in [0.3, 0.4) is 0 Å². The maximum Gasteiger partial charge on any atom is 0.306 e. The first kappa shape index (κ1) is 13.8. The van der Waals surface area contributed by atoms with E-state index in [-0.39, 0.29) is 5.92 Å². The number of carboxylic acids is 1. The lowest BCUT2D eigenvalue weighted by Crippen LogP contribution is -2.56. The second-order valence-corrected chi connectivity index (χ2v) is 6.06. The maximum absolute atomic E-state index is 11.1. The van der Waals surface area contributed by atoms with Crippen LogP contribution < -0.4 is 5.43 Å². The van der Waals surface area contributed by atoms with E-state index in [1.165, 1.54) is 19.3 Å². The van der Waals surface area contributed by atoms with Crippen molar-refractivity contribution in [3.63, 3.8) is 0 Å². The Balaban J connectivity index is 1.89. The lowest BCUT2D eigenvalue weighted by molar-refractivity contribution is -0.143. The van der Waals surface area contributed by atoms with Gasteiger partial charge in [0.2, 0.25) is 0 Å². The predicted octanol–water partition coefficient (Wildman–Crippen LogP) is 2.40. The zero-order chi connectivity index (χ0) is 13.1. The average molecular weight is 254 g/mol. The van der Waals surface area contributed by atoms with Crippen molar-refractivity contribution in [3.8, 4) is 0 Å². The second-order valence-electron chi connectivity index (χ2n) is 6.06. The van der Waals surface area contributed by atoms with Gasteiger partial charge in [-0.2, -0.15) is 0 Å². The molecule has 2 aliphatic rings. The van der Waals surface area contributed by atoms with Crippen LogP contribution in [0.2, 0.25) is 0 Å². The molecule has 104 valence electrons. The Bertz CT molecular complexity index is 286. The number of hydrogen-bond donors (Lipinski definition) is 2. The molecule has 4 unspecified atom stereocenters. The molecule has 0 aromatic heterocycles. The van der Waals surface area contributed by atoms with Crippen molar-refractivity contribution in [1.29, 1.82) is 0 Å². The van der Waals surface area contributed by atoms with Gasteiger partial charge in [0, 0.05) is 18.1 Å². The highest BCUT2D eigenvalue weighted by molar-refractivity contribution is 5.70. The summed E-state index contributed by atoms with van der Waals surface area (Å²) in [7, 11) is 0. The molecule has 1 saturated heterocycles. The minimum absolute atomic E-state index is 0.147. The van der Waals surface area contributed by atoms with Crippen molar-refractivity contribution < 1.29 is 9.90 Å². The molecule has 2 rings (SSSR count). The minimum Gasteiger partial charge on any atom is -0.481 e. The monoisotopic (exact) mass is 254 g/mol. The second kappa shape index (κ2) is 6.02. The van der Waals surface area contributed by atoms with Gasteiger partial charge in [-0.25, -0.2) is 5.01 Å². The summed E-state index contributed by atoms with van der Waals surface area (Å²) < 4.78 is 0. The fourth-order valence-electron chi connectivity index (χ4n) is 3.42. The van der Waals surface area contributed by atoms with Gasteiger partial charge in [-0.15, -0.1) is 0 Å². The van der Waals surface area contributed by atoms with Crippen LogP contribution in [-0.2, 0) is 4.79 Å². The van der Waals surface area contributed by atoms with Crippen LogP contribution in [0.5, 0.6) is 0 Å². The molecule has 4 heteroatoms. The van der Waals surface area contributed by atoms with Crippen LogP contribution in [-0.4, -0.2) is 34.2 Å². The Morgan fingerprint density at radius 1 is 1.11 bits per heavy atom. The fraction of sp³-hybridized carbons (Fsp3) is 0.929. The minimum atomic E-state index is -0.624. The van der Waals surface area contributed by atoms with Gasteiger partial charge in [0.25, 0.3) is 0 Å². The van der Waals surface area contributed by atoms with Crippen molar-refractivity contribution in [1.82, 2.24) is 10.4 Å². The van der Waals surface area contributed by atoms with Gasteiger partial charge >= 0.3 is 5.97 Å². The Hall–Kier alpha value is -0.610. The highest BCUT2D eigenvalue weighted by atomic mass is 16.4. The molecule has 0 aromatic rings. The van der Waals surface area contributed by atoms with Crippen molar-refractivity contribution in [3.05, 3.63) is 0 Å². The Labute approximate surface area is 110 Å². The smallest absolute Gasteiger partial charge is 0.306 e. The van der Waals surface area contributed by atoms with Crippen LogP contribution in [0.15, 0.2) is 0 Å². The first-order chi connectivity index (χ1) is 8.58. The molecule has 1 heterocycles. The Morgan fingerprint density at radius 2 is 1.72 bits per heavy atom. The highest BCUT2D eigenvalue weighted by Gasteiger charge is 2.31. The standard InChI is InChI=1S/C14H26N2O2/c1-10-5-3-6-11(2)16(10)15-13-8-4-7-12(9-13)14(17)18/h10-13,15H,3-9H2,1-2H3,(H,17,18). The van der Waals surface area contributed by atoms with Gasteiger partial charge < -0.3 is 5.11 Å². The number of hydrazine groups is 1. The van der Waals surface area contributed by atoms with Crippen molar-refractivity contribution in [2.24, 2.45) is 5.92 Å². The van der Waals surface area contributed by atoms with Crippen LogP contribution in [0.25, 0.3) is 0 Å². The van der Waals surface area contributed by atoms with E-state index in [1.54, 1.807) is 0 Å². The SMILES string of the molecule is CC1CCCC(C)N1NC1CCCC(C(=O)O)C1. The molecular weight excluding hydrogens is 228 g/mol. The van der Waals surface area contributed by atoms with E-state index in [2.05, 4.69) is 24.3 Å². The zero-order valence-corrected chi connectivity index (χ0v) is 11.6. The number of nitrogens with one attached hydrogen (secondary N) is 1. The molecule has 2 N–H and O–H groups in total. The van der Waals surface area contributed by atoms with E-state index >= 15 is 0 Å². The third-order valence-electron chi connectivity index (χ3n) is 4.55. The first-order valence-corrected chi connectivity index (χ1v) is 7.35. The summed E-state index contributed by atoms with van der Waals surface area (Å²) in [6.07, 6.45) is 7.57. The van der Waals surface area contributed by atoms with E-state index in [4.69, 9.17) is 5.11 Å². The molecule has 0 spiro atoms. The van der Waals surface area contributed by atoms with Crippen LogP contribution in [0.4, 0.5) is 0 Å². The Kier molecular flexibility index (Phi) is 4.62. The number of rotatable bonds is 3. The van der Waals surface area contributed by atoms with E-state index in [1.807, 2.05) is 0 Å². The maximum atomic E-state index is 11.1. The average Bonchev–Trinajstić information content (AvgIpc) is 2.34. The third kappa shape index (κ3) is 3.23. The molecule has 1 aliphatic heterocycles. The molecule has 0 bridgehead atoms. The number of carboxylic acid groups (broad SMARTS) is 1. The summed E-state index contributed by atoms with van der Waals surface area (Å²) in [6, 6.07) is 1.49. The summed E-state index contributed by atoms with van der Waals surface area (Å²) in [5.74, 6) is -0.770. The molecular formula is C14H26N2O2. The predicted molar refractivity (Wildman–Crippen MR) is 71.1 cm³/mol. The van der Waals surface area contributed by atoms with Crippen LogP contribution >= 0.6 is 0 Å². The number of nitrogens with zero attached hydrogens (tertiary/aromatic N) is 1. The molecule has 1 saturated carbocycles. The van der Waals surface area contributed by atoms with Crippen molar-refractivity contribution in [2.75, 3.05) is 0 Å². The van der Waals surface area contributed by atoms with Gasteiger partial charge in [-0.1, -0.05) is 12.8 Å². The molecule has 1 aliphatic carbocycles. The summed E-state index contributed by atoms with van der Waals surface area (Å²) in [4.78, 5) is 11.1. The van der Waals surface area contributed by atoms with E-state index in [9.17, 15) is 4.79 Å². The largest absolute Gasteiger partial charge is 0.481 e. The third-order valence-corrected chi connectivity index (χ3v) is 4.55. The summed E-state index contributed by atoms with van der Waals surface area (Å²) >= 11 is 0. The van der Waals surface area contributed by atoms with Crippen LogP contribution in [0.1, 0.15) is 58.8 Å². The molecule has 4 nitrogen and oxygen atoms in total. The number of carbonyl (C=O) groups is 1.